The van der Waals surface area contributed by atoms with Crippen LogP contribution < -0.4 is 5.32 Å². The molecule has 0 saturated heterocycles. The molecule has 0 aromatic rings. The molecule has 120 valence electrons. The summed E-state index contributed by atoms with van der Waals surface area (Å²) >= 11 is 0. The van der Waals surface area contributed by atoms with Gasteiger partial charge in [-0.2, -0.15) is 0 Å². The molecule has 1 fully saturated rings. The molecule has 2 unspecified atom stereocenters. The van der Waals surface area contributed by atoms with Crippen LogP contribution in [0.5, 0.6) is 0 Å². The minimum absolute atomic E-state index is 0.717. The zero-order valence-corrected chi connectivity index (χ0v) is 14.5. The Bertz CT molecular complexity index is 225. The van der Waals surface area contributed by atoms with E-state index in [4.69, 9.17) is 0 Å². The molecule has 1 aliphatic rings. The zero-order chi connectivity index (χ0) is 14.8. The van der Waals surface area contributed by atoms with E-state index in [1.165, 1.54) is 64.5 Å². The fourth-order valence-electron chi connectivity index (χ4n) is 3.78. The third-order valence-electron chi connectivity index (χ3n) is 5.22. The molecule has 1 rings (SSSR count). The maximum atomic E-state index is 3.78. The Labute approximate surface area is 127 Å². The van der Waals surface area contributed by atoms with E-state index in [2.05, 4.69) is 37.9 Å². The Hall–Kier alpha value is -0.0800. The number of nitrogens with zero attached hydrogens (tertiary/aromatic N) is 1. The van der Waals surface area contributed by atoms with Crippen molar-refractivity contribution < 1.29 is 0 Å². The summed E-state index contributed by atoms with van der Waals surface area (Å²) in [7, 11) is 0. The first kappa shape index (κ1) is 18.0. The lowest BCUT2D eigenvalue weighted by atomic mass is 9.90. The lowest BCUT2D eigenvalue weighted by molar-refractivity contribution is 0.118. The van der Waals surface area contributed by atoms with Gasteiger partial charge in [-0.25, -0.2) is 0 Å². The van der Waals surface area contributed by atoms with Crippen molar-refractivity contribution in [2.24, 2.45) is 5.92 Å². The van der Waals surface area contributed by atoms with Crippen molar-refractivity contribution >= 4 is 0 Å². The maximum Gasteiger partial charge on any atom is 0.0249 e. The summed E-state index contributed by atoms with van der Waals surface area (Å²) in [6, 6.07) is 1.48. The van der Waals surface area contributed by atoms with E-state index in [9.17, 15) is 0 Å². The van der Waals surface area contributed by atoms with Gasteiger partial charge in [-0.1, -0.05) is 66.2 Å². The van der Waals surface area contributed by atoms with E-state index < -0.39 is 0 Å². The molecule has 0 aromatic heterocycles. The van der Waals surface area contributed by atoms with Crippen molar-refractivity contribution in [3.05, 3.63) is 0 Å². The van der Waals surface area contributed by atoms with Crippen molar-refractivity contribution in [2.45, 2.75) is 91.1 Å². The van der Waals surface area contributed by atoms with Gasteiger partial charge >= 0.3 is 0 Å². The van der Waals surface area contributed by atoms with Crippen LogP contribution in [0.3, 0.4) is 0 Å². The highest BCUT2D eigenvalue weighted by atomic mass is 15.2. The van der Waals surface area contributed by atoms with Crippen LogP contribution in [-0.4, -0.2) is 36.6 Å². The van der Waals surface area contributed by atoms with E-state index in [1.54, 1.807) is 0 Å². The monoisotopic (exact) mass is 282 g/mol. The molecule has 0 radical (unpaired) electrons. The van der Waals surface area contributed by atoms with Crippen LogP contribution in [0.1, 0.15) is 79.1 Å². The number of rotatable bonds is 8. The van der Waals surface area contributed by atoms with E-state index in [1.807, 2.05) is 0 Å². The van der Waals surface area contributed by atoms with Gasteiger partial charge in [-0.3, -0.25) is 4.90 Å². The highest BCUT2D eigenvalue weighted by Gasteiger charge is 2.27. The predicted octanol–water partition coefficient (Wildman–Crippen LogP) is 4.45. The molecule has 0 aliphatic heterocycles. The molecule has 2 atom stereocenters. The van der Waals surface area contributed by atoms with Gasteiger partial charge in [0.15, 0.2) is 0 Å². The highest BCUT2D eigenvalue weighted by Crippen LogP contribution is 2.24. The molecular weight excluding hydrogens is 244 g/mol. The number of hydrogen-bond donors (Lipinski definition) is 1. The van der Waals surface area contributed by atoms with Crippen LogP contribution in [-0.2, 0) is 0 Å². The molecule has 20 heavy (non-hydrogen) atoms. The second-order valence-electron chi connectivity index (χ2n) is 6.49. The summed E-state index contributed by atoms with van der Waals surface area (Å²) in [6.07, 6.45) is 11.1. The van der Waals surface area contributed by atoms with Gasteiger partial charge in [-0.15, -0.1) is 0 Å². The van der Waals surface area contributed by atoms with Gasteiger partial charge in [0.05, 0.1) is 0 Å². The summed E-state index contributed by atoms with van der Waals surface area (Å²) < 4.78 is 0. The molecular formula is C18H38N2. The van der Waals surface area contributed by atoms with Crippen LogP contribution in [0, 0.1) is 5.92 Å². The molecule has 0 bridgehead atoms. The summed E-state index contributed by atoms with van der Waals surface area (Å²) in [5, 5.41) is 3.78. The lowest BCUT2D eigenvalue weighted by Gasteiger charge is -2.40. The first-order valence-electron chi connectivity index (χ1n) is 9.24. The molecule has 1 saturated carbocycles. The van der Waals surface area contributed by atoms with Gasteiger partial charge in [-0.05, 0) is 31.8 Å². The van der Waals surface area contributed by atoms with E-state index in [0.29, 0.717) is 0 Å². The Kier molecular flexibility index (Phi) is 9.54. The zero-order valence-electron chi connectivity index (χ0n) is 14.5. The topological polar surface area (TPSA) is 15.3 Å². The first-order chi connectivity index (χ1) is 9.76. The van der Waals surface area contributed by atoms with Gasteiger partial charge in [0.25, 0.3) is 0 Å². The molecule has 0 aromatic carbocycles. The van der Waals surface area contributed by atoms with Crippen LogP contribution in [0.4, 0.5) is 0 Å². The normalized spacial score (nSPS) is 24.9. The lowest BCUT2D eigenvalue weighted by Crippen LogP contribution is -2.51. The summed E-state index contributed by atoms with van der Waals surface area (Å²) in [5.41, 5.74) is 0. The third kappa shape index (κ3) is 5.73. The van der Waals surface area contributed by atoms with Crippen molar-refractivity contribution in [3.8, 4) is 0 Å². The first-order valence-corrected chi connectivity index (χ1v) is 9.24. The van der Waals surface area contributed by atoms with Crippen LogP contribution in [0.15, 0.2) is 0 Å². The van der Waals surface area contributed by atoms with Crippen LogP contribution in [0.2, 0.25) is 0 Å². The van der Waals surface area contributed by atoms with Crippen molar-refractivity contribution in [1.82, 2.24) is 10.2 Å². The Balaban J connectivity index is 2.70. The predicted molar refractivity (Wildman–Crippen MR) is 90.3 cm³/mol. The van der Waals surface area contributed by atoms with E-state index in [-0.39, 0.29) is 0 Å². The summed E-state index contributed by atoms with van der Waals surface area (Å²) in [6.45, 7) is 12.9. The van der Waals surface area contributed by atoms with Gasteiger partial charge in [0.2, 0.25) is 0 Å². The molecule has 0 amide bonds. The maximum absolute atomic E-state index is 3.78. The summed E-state index contributed by atoms with van der Waals surface area (Å²) in [5.74, 6) is 0.877. The largest absolute Gasteiger partial charge is 0.313 e. The average molecular weight is 283 g/mol. The Morgan fingerprint density at radius 3 is 2.15 bits per heavy atom. The average Bonchev–Trinajstić information content (AvgIpc) is 2.45. The standard InChI is InChI=1S/C18H38N2/c1-5-16(6-2)15-20(8-4)18-14-12-10-9-11-13-17(18)19-7-3/h16-19H,5-15H2,1-4H3. The highest BCUT2D eigenvalue weighted by molar-refractivity contribution is 4.86. The van der Waals surface area contributed by atoms with Gasteiger partial charge < -0.3 is 5.32 Å². The number of hydrogen-bond acceptors (Lipinski definition) is 2. The number of nitrogens with one attached hydrogen (secondary N) is 1. The molecule has 0 spiro atoms. The second kappa shape index (κ2) is 10.6. The van der Waals surface area contributed by atoms with Gasteiger partial charge in [0, 0.05) is 18.6 Å². The molecule has 1 aliphatic carbocycles. The van der Waals surface area contributed by atoms with Crippen molar-refractivity contribution in [1.29, 1.82) is 0 Å². The van der Waals surface area contributed by atoms with Gasteiger partial charge in [0.1, 0.15) is 0 Å². The van der Waals surface area contributed by atoms with Crippen molar-refractivity contribution in [2.75, 3.05) is 19.6 Å². The molecule has 2 nitrogen and oxygen atoms in total. The molecule has 2 heteroatoms. The van der Waals surface area contributed by atoms with Crippen LogP contribution >= 0.6 is 0 Å². The fraction of sp³-hybridized carbons (Fsp3) is 1.00. The quantitative estimate of drug-likeness (QED) is 0.708. The van der Waals surface area contributed by atoms with Crippen molar-refractivity contribution in [3.63, 3.8) is 0 Å². The van der Waals surface area contributed by atoms with E-state index >= 15 is 0 Å². The van der Waals surface area contributed by atoms with Crippen LogP contribution in [0.25, 0.3) is 0 Å². The minimum atomic E-state index is 0.717. The Morgan fingerprint density at radius 1 is 0.950 bits per heavy atom. The van der Waals surface area contributed by atoms with E-state index in [0.717, 1.165) is 24.5 Å². The number of likely N-dealkylation sites (N-methyl/N-ethyl adjacent to an activating group) is 2. The molecule has 0 heterocycles. The minimum Gasteiger partial charge on any atom is -0.313 e. The smallest absolute Gasteiger partial charge is 0.0249 e. The second-order valence-corrected chi connectivity index (χ2v) is 6.49. The fourth-order valence-corrected chi connectivity index (χ4v) is 3.78. The SMILES string of the molecule is CCNC1CCCCCCC1N(CC)CC(CC)CC. The third-order valence-corrected chi connectivity index (χ3v) is 5.22. The Morgan fingerprint density at radius 2 is 1.60 bits per heavy atom. The summed E-state index contributed by atoms with van der Waals surface area (Å²) in [4.78, 5) is 2.79. The molecule has 1 N–H and O–H groups in total.